The van der Waals surface area contributed by atoms with Crippen molar-refractivity contribution in [3.05, 3.63) is 83.4 Å². The Bertz CT molecular complexity index is 1190. The fourth-order valence-corrected chi connectivity index (χ4v) is 4.73. The molecule has 0 bridgehead atoms. The van der Waals surface area contributed by atoms with Crippen molar-refractivity contribution in [3.63, 3.8) is 0 Å². The third-order valence-electron chi connectivity index (χ3n) is 5.06. The van der Waals surface area contributed by atoms with Crippen LogP contribution in [0.2, 0.25) is 5.02 Å². The average Bonchev–Trinajstić information content (AvgIpc) is 3.17. The zero-order chi connectivity index (χ0) is 22.3. The first kappa shape index (κ1) is 22.3. The van der Waals surface area contributed by atoms with Gasteiger partial charge in [-0.1, -0.05) is 54.1 Å². The Hall–Kier alpha value is -2.89. The molecule has 0 aliphatic carbocycles. The number of amides is 1. The minimum absolute atomic E-state index is 0.0200. The number of para-hydroxylation sites is 1. The highest BCUT2D eigenvalue weighted by atomic mass is 35.5. The van der Waals surface area contributed by atoms with Crippen molar-refractivity contribution in [3.8, 4) is 17.0 Å². The molecular weight excluding hydrogens is 440 g/mol. The van der Waals surface area contributed by atoms with E-state index in [-0.39, 0.29) is 5.91 Å². The number of rotatable bonds is 9. The first-order valence-corrected chi connectivity index (χ1v) is 12.0. The van der Waals surface area contributed by atoms with Gasteiger partial charge in [-0.15, -0.1) is 11.8 Å². The summed E-state index contributed by atoms with van der Waals surface area (Å²) in [6, 6.07) is 23.8. The van der Waals surface area contributed by atoms with Crippen LogP contribution in [0, 0.1) is 0 Å². The van der Waals surface area contributed by atoms with Gasteiger partial charge in [-0.3, -0.25) is 4.79 Å². The van der Waals surface area contributed by atoms with Crippen molar-refractivity contribution in [1.29, 1.82) is 0 Å². The van der Waals surface area contributed by atoms with E-state index in [4.69, 9.17) is 16.3 Å². The second-order valence-electron chi connectivity index (χ2n) is 7.33. The fraction of sp³-hybridized carbons (Fsp3) is 0.192. The number of carbonyl (C=O) groups excluding carboxylic acids is 1. The average molecular weight is 465 g/mol. The first-order valence-electron chi connectivity index (χ1n) is 10.6. The standard InChI is InChI=1S/C26H25ClN2O2S/c1-2-31-21-13-7-18(8-14-21)17-24(30)28-15-16-32-26-22-5-3-4-6-23(22)29-25(26)19-9-11-20(27)12-10-19/h3-14,29H,2,15-17H2,1H3,(H,28,30). The Kier molecular flexibility index (Phi) is 7.40. The van der Waals surface area contributed by atoms with E-state index in [0.29, 0.717) is 24.6 Å². The molecule has 0 saturated heterocycles. The highest BCUT2D eigenvalue weighted by Crippen LogP contribution is 2.37. The summed E-state index contributed by atoms with van der Waals surface area (Å²) in [7, 11) is 0. The van der Waals surface area contributed by atoms with Gasteiger partial charge in [0.1, 0.15) is 5.75 Å². The van der Waals surface area contributed by atoms with Gasteiger partial charge in [0.2, 0.25) is 5.91 Å². The van der Waals surface area contributed by atoms with Gasteiger partial charge in [-0.2, -0.15) is 0 Å². The fourth-order valence-electron chi connectivity index (χ4n) is 3.55. The number of hydrogen-bond donors (Lipinski definition) is 2. The zero-order valence-electron chi connectivity index (χ0n) is 17.9. The maximum atomic E-state index is 12.3. The number of carbonyl (C=O) groups is 1. The predicted molar refractivity (Wildman–Crippen MR) is 134 cm³/mol. The summed E-state index contributed by atoms with van der Waals surface area (Å²) in [6.07, 6.45) is 0.361. The van der Waals surface area contributed by atoms with Crippen molar-refractivity contribution in [2.75, 3.05) is 18.9 Å². The highest BCUT2D eigenvalue weighted by molar-refractivity contribution is 7.99. The molecule has 0 fully saturated rings. The Balaban J connectivity index is 1.37. The quantitative estimate of drug-likeness (QED) is 0.224. The van der Waals surface area contributed by atoms with E-state index in [2.05, 4.69) is 22.4 Å². The van der Waals surface area contributed by atoms with Crippen molar-refractivity contribution in [2.45, 2.75) is 18.2 Å². The number of H-pyrrole nitrogens is 1. The van der Waals surface area contributed by atoms with Gasteiger partial charge < -0.3 is 15.0 Å². The minimum Gasteiger partial charge on any atom is -0.494 e. The number of ether oxygens (including phenoxy) is 1. The number of thioether (sulfide) groups is 1. The second-order valence-corrected chi connectivity index (χ2v) is 8.88. The zero-order valence-corrected chi connectivity index (χ0v) is 19.4. The smallest absolute Gasteiger partial charge is 0.224 e. The van der Waals surface area contributed by atoms with E-state index < -0.39 is 0 Å². The highest BCUT2D eigenvalue weighted by Gasteiger charge is 2.14. The summed E-state index contributed by atoms with van der Waals surface area (Å²) in [4.78, 5) is 17.1. The van der Waals surface area contributed by atoms with Gasteiger partial charge in [0.25, 0.3) is 0 Å². The molecule has 32 heavy (non-hydrogen) atoms. The van der Waals surface area contributed by atoms with Gasteiger partial charge >= 0.3 is 0 Å². The van der Waals surface area contributed by atoms with Crippen molar-refractivity contribution >= 4 is 40.2 Å². The topological polar surface area (TPSA) is 54.1 Å². The molecule has 4 rings (SSSR count). The lowest BCUT2D eigenvalue weighted by molar-refractivity contribution is -0.120. The molecule has 1 aromatic heterocycles. The van der Waals surface area contributed by atoms with Gasteiger partial charge in [0.15, 0.2) is 0 Å². The SMILES string of the molecule is CCOc1ccc(CC(=O)NCCSc2c(-c3ccc(Cl)cc3)[nH]c3ccccc23)cc1. The number of benzene rings is 3. The molecule has 0 radical (unpaired) electrons. The Labute approximate surface area is 197 Å². The maximum absolute atomic E-state index is 12.3. The van der Waals surface area contributed by atoms with Crippen LogP contribution in [0.1, 0.15) is 12.5 Å². The molecule has 4 aromatic rings. The van der Waals surface area contributed by atoms with Crippen molar-refractivity contribution < 1.29 is 9.53 Å². The number of aromatic amines is 1. The summed E-state index contributed by atoms with van der Waals surface area (Å²) in [6.45, 7) is 3.18. The number of nitrogens with one attached hydrogen (secondary N) is 2. The normalized spacial score (nSPS) is 10.9. The summed E-state index contributed by atoms with van der Waals surface area (Å²) in [5, 5.41) is 4.93. The number of fused-ring (bicyclic) bond motifs is 1. The van der Waals surface area contributed by atoms with Crippen LogP contribution in [0.15, 0.2) is 77.7 Å². The Morgan fingerprint density at radius 3 is 2.53 bits per heavy atom. The lowest BCUT2D eigenvalue weighted by Gasteiger charge is -2.08. The first-order chi connectivity index (χ1) is 15.6. The molecule has 2 N–H and O–H groups in total. The maximum Gasteiger partial charge on any atom is 0.224 e. The molecule has 6 heteroatoms. The van der Waals surface area contributed by atoms with Crippen LogP contribution in [0.5, 0.6) is 5.75 Å². The van der Waals surface area contributed by atoms with Crippen LogP contribution in [-0.4, -0.2) is 29.8 Å². The summed E-state index contributed by atoms with van der Waals surface area (Å²) in [5.41, 5.74) is 4.24. The van der Waals surface area contributed by atoms with Crippen LogP contribution >= 0.6 is 23.4 Å². The van der Waals surface area contributed by atoms with E-state index in [0.717, 1.165) is 33.8 Å². The molecule has 0 atom stereocenters. The van der Waals surface area contributed by atoms with Crippen LogP contribution < -0.4 is 10.1 Å². The molecule has 0 unspecified atom stereocenters. The third-order valence-corrected chi connectivity index (χ3v) is 6.43. The molecule has 3 aromatic carbocycles. The number of halogens is 1. The molecule has 4 nitrogen and oxygen atoms in total. The van der Waals surface area contributed by atoms with Gasteiger partial charge in [-0.05, 0) is 48.4 Å². The van der Waals surface area contributed by atoms with E-state index >= 15 is 0 Å². The molecule has 1 heterocycles. The third kappa shape index (κ3) is 5.47. The second kappa shape index (κ2) is 10.6. The van der Waals surface area contributed by atoms with Gasteiger partial charge in [0.05, 0.1) is 18.7 Å². The lowest BCUT2D eigenvalue weighted by Crippen LogP contribution is -2.27. The van der Waals surface area contributed by atoms with Gasteiger partial charge in [-0.25, -0.2) is 0 Å². The lowest BCUT2D eigenvalue weighted by atomic mass is 10.1. The number of hydrogen-bond acceptors (Lipinski definition) is 3. The molecule has 0 spiro atoms. The summed E-state index contributed by atoms with van der Waals surface area (Å²) < 4.78 is 5.45. The van der Waals surface area contributed by atoms with Crippen LogP contribution in [-0.2, 0) is 11.2 Å². The Morgan fingerprint density at radius 2 is 1.78 bits per heavy atom. The van der Waals surface area contributed by atoms with E-state index in [9.17, 15) is 4.79 Å². The largest absolute Gasteiger partial charge is 0.494 e. The van der Waals surface area contributed by atoms with Crippen molar-refractivity contribution in [2.24, 2.45) is 0 Å². The van der Waals surface area contributed by atoms with Gasteiger partial charge in [0, 0.05) is 33.1 Å². The molecular formula is C26H25ClN2O2S. The van der Waals surface area contributed by atoms with Crippen LogP contribution in [0.25, 0.3) is 22.2 Å². The van der Waals surface area contributed by atoms with E-state index in [1.165, 1.54) is 10.3 Å². The molecule has 0 aliphatic rings. The van der Waals surface area contributed by atoms with Crippen LogP contribution in [0.3, 0.4) is 0 Å². The van der Waals surface area contributed by atoms with E-state index in [1.54, 1.807) is 11.8 Å². The van der Waals surface area contributed by atoms with Crippen LogP contribution in [0.4, 0.5) is 0 Å². The molecule has 164 valence electrons. The summed E-state index contributed by atoms with van der Waals surface area (Å²) >= 11 is 7.81. The molecule has 1 amide bonds. The van der Waals surface area contributed by atoms with E-state index in [1.807, 2.05) is 67.6 Å². The minimum atomic E-state index is 0.0200. The summed E-state index contributed by atoms with van der Waals surface area (Å²) in [5.74, 6) is 1.62. The monoisotopic (exact) mass is 464 g/mol. The molecule has 0 aliphatic heterocycles. The van der Waals surface area contributed by atoms with Crippen molar-refractivity contribution in [1.82, 2.24) is 10.3 Å². The Morgan fingerprint density at radius 1 is 1.03 bits per heavy atom. The predicted octanol–water partition coefficient (Wildman–Crippen LogP) is 6.34. The molecule has 0 saturated carbocycles. The number of aromatic nitrogens is 1.